The van der Waals surface area contributed by atoms with E-state index in [1.54, 1.807) is 0 Å². The predicted molar refractivity (Wildman–Crippen MR) is 78.2 cm³/mol. The zero-order valence-electron chi connectivity index (χ0n) is 12.0. The largest absolute Gasteiger partial charge is 0.341 e. The van der Waals surface area contributed by atoms with Gasteiger partial charge in [0.05, 0.1) is 6.04 Å². The maximum absolute atomic E-state index is 12.2. The standard InChI is InChI=1S/C16H24N2O/c1-3-9-17-15-8-11-18(16(15)19)10-7-14-6-4-5-13(2)12-14/h4-6,12,15,17H,3,7-11H2,1-2H3. The highest BCUT2D eigenvalue weighted by molar-refractivity contribution is 5.83. The summed E-state index contributed by atoms with van der Waals surface area (Å²) in [6, 6.07) is 8.59. The highest BCUT2D eigenvalue weighted by Crippen LogP contribution is 2.13. The summed E-state index contributed by atoms with van der Waals surface area (Å²) in [4.78, 5) is 14.2. The Bertz CT molecular complexity index is 431. The van der Waals surface area contributed by atoms with Crippen LogP contribution < -0.4 is 5.32 Å². The molecule has 1 heterocycles. The van der Waals surface area contributed by atoms with Gasteiger partial charge in [0.25, 0.3) is 0 Å². The molecule has 3 nitrogen and oxygen atoms in total. The molecule has 1 atom stereocenters. The molecular weight excluding hydrogens is 236 g/mol. The van der Waals surface area contributed by atoms with Crippen molar-refractivity contribution in [2.75, 3.05) is 19.6 Å². The fraction of sp³-hybridized carbons (Fsp3) is 0.562. The van der Waals surface area contributed by atoms with Crippen molar-refractivity contribution < 1.29 is 4.79 Å². The van der Waals surface area contributed by atoms with Crippen molar-refractivity contribution in [1.82, 2.24) is 10.2 Å². The molecular formula is C16H24N2O. The molecule has 0 bridgehead atoms. The van der Waals surface area contributed by atoms with Crippen LogP contribution in [0.2, 0.25) is 0 Å². The summed E-state index contributed by atoms with van der Waals surface area (Å²) in [6.07, 6.45) is 2.98. The topological polar surface area (TPSA) is 32.3 Å². The average Bonchev–Trinajstić information content (AvgIpc) is 2.75. The first-order valence-electron chi connectivity index (χ1n) is 7.28. The average molecular weight is 260 g/mol. The minimum atomic E-state index is 0.0532. The predicted octanol–water partition coefficient (Wildman–Crippen LogP) is 2.14. The Morgan fingerprint density at radius 3 is 3.00 bits per heavy atom. The fourth-order valence-corrected chi connectivity index (χ4v) is 2.60. The molecule has 2 rings (SSSR count). The number of hydrogen-bond acceptors (Lipinski definition) is 2. The molecule has 1 aliphatic heterocycles. The van der Waals surface area contributed by atoms with Crippen LogP contribution in [0, 0.1) is 6.92 Å². The third-order valence-electron chi connectivity index (χ3n) is 3.69. The Hall–Kier alpha value is -1.35. The molecule has 0 aromatic heterocycles. The molecule has 0 spiro atoms. The normalized spacial score (nSPS) is 19.2. The lowest BCUT2D eigenvalue weighted by atomic mass is 10.1. The van der Waals surface area contributed by atoms with Crippen LogP contribution in [0.4, 0.5) is 0 Å². The van der Waals surface area contributed by atoms with Gasteiger partial charge in [-0.05, 0) is 38.3 Å². The summed E-state index contributed by atoms with van der Waals surface area (Å²) in [5.74, 6) is 0.279. The van der Waals surface area contributed by atoms with E-state index in [1.165, 1.54) is 11.1 Å². The van der Waals surface area contributed by atoms with E-state index in [4.69, 9.17) is 0 Å². The van der Waals surface area contributed by atoms with Crippen LogP contribution in [0.5, 0.6) is 0 Å². The second-order valence-corrected chi connectivity index (χ2v) is 5.36. The number of nitrogens with one attached hydrogen (secondary N) is 1. The number of amides is 1. The van der Waals surface area contributed by atoms with Gasteiger partial charge in [-0.15, -0.1) is 0 Å². The van der Waals surface area contributed by atoms with Crippen LogP contribution >= 0.6 is 0 Å². The lowest BCUT2D eigenvalue weighted by Gasteiger charge is -2.17. The molecule has 1 fully saturated rings. The van der Waals surface area contributed by atoms with Gasteiger partial charge in [0.2, 0.25) is 5.91 Å². The summed E-state index contributed by atoms with van der Waals surface area (Å²) in [6.45, 7) is 6.90. The summed E-state index contributed by atoms with van der Waals surface area (Å²) < 4.78 is 0. The molecule has 1 saturated heterocycles. The van der Waals surface area contributed by atoms with Crippen molar-refractivity contribution in [3.63, 3.8) is 0 Å². The zero-order chi connectivity index (χ0) is 13.7. The molecule has 104 valence electrons. The number of rotatable bonds is 6. The van der Waals surface area contributed by atoms with Gasteiger partial charge in [-0.1, -0.05) is 36.8 Å². The summed E-state index contributed by atoms with van der Waals surface area (Å²) >= 11 is 0. The van der Waals surface area contributed by atoms with Crippen molar-refractivity contribution in [2.24, 2.45) is 0 Å². The Balaban J connectivity index is 1.82. The highest BCUT2D eigenvalue weighted by atomic mass is 16.2. The van der Waals surface area contributed by atoms with Gasteiger partial charge in [-0.25, -0.2) is 0 Å². The Morgan fingerprint density at radius 2 is 2.26 bits per heavy atom. The second kappa shape index (κ2) is 6.71. The third kappa shape index (κ3) is 3.80. The SMILES string of the molecule is CCCNC1CCN(CCc2cccc(C)c2)C1=O. The van der Waals surface area contributed by atoms with Crippen molar-refractivity contribution >= 4 is 5.91 Å². The maximum Gasteiger partial charge on any atom is 0.239 e. The Labute approximate surface area is 116 Å². The first-order chi connectivity index (χ1) is 9.20. The van der Waals surface area contributed by atoms with Gasteiger partial charge in [-0.2, -0.15) is 0 Å². The number of carbonyl (C=O) groups is 1. The molecule has 3 heteroatoms. The van der Waals surface area contributed by atoms with Crippen molar-refractivity contribution in [3.8, 4) is 0 Å². The molecule has 1 unspecified atom stereocenters. The van der Waals surface area contributed by atoms with Crippen LogP contribution in [0.15, 0.2) is 24.3 Å². The molecule has 1 N–H and O–H groups in total. The van der Waals surface area contributed by atoms with E-state index in [9.17, 15) is 4.79 Å². The van der Waals surface area contributed by atoms with E-state index in [0.29, 0.717) is 0 Å². The van der Waals surface area contributed by atoms with Gasteiger partial charge in [0, 0.05) is 13.1 Å². The molecule has 0 aliphatic carbocycles. The van der Waals surface area contributed by atoms with E-state index in [-0.39, 0.29) is 11.9 Å². The second-order valence-electron chi connectivity index (χ2n) is 5.36. The number of benzene rings is 1. The molecule has 19 heavy (non-hydrogen) atoms. The van der Waals surface area contributed by atoms with E-state index < -0.39 is 0 Å². The molecule has 1 aliphatic rings. The number of carbonyl (C=O) groups excluding carboxylic acids is 1. The Morgan fingerprint density at radius 1 is 1.42 bits per heavy atom. The van der Waals surface area contributed by atoms with Crippen molar-refractivity contribution in [1.29, 1.82) is 0 Å². The summed E-state index contributed by atoms with van der Waals surface area (Å²) in [7, 11) is 0. The molecule has 0 radical (unpaired) electrons. The van der Waals surface area contributed by atoms with Crippen LogP contribution in [0.3, 0.4) is 0 Å². The smallest absolute Gasteiger partial charge is 0.239 e. The number of hydrogen-bond donors (Lipinski definition) is 1. The molecule has 1 aromatic rings. The van der Waals surface area contributed by atoms with Gasteiger partial charge in [0.1, 0.15) is 0 Å². The molecule has 0 saturated carbocycles. The van der Waals surface area contributed by atoms with Crippen molar-refractivity contribution in [3.05, 3.63) is 35.4 Å². The lowest BCUT2D eigenvalue weighted by molar-refractivity contribution is -0.129. The van der Waals surface area contributed by atoms with Gasteiger partial charge >= 0.3 is 0 Å². The van der Waals surface area contributed by atoms with E-state index in [2.05, 4.69) is 43.4 Å². The van der Waals surface area contributed by atoms with Crippen LogP contribution in [-0.2, 0) is 11.2 Å². The monoisotopic (exact) mass is 260 g/mol. The van der Waals surface area contributed by atoms with Gasteiger partial charge in [-0.3, -0.25) is 4.79 Å². The lowest BCUT2D eigenvalue weighted by Crippen LogP contribution is -2.39. The van der Waals surface area contributed by atoms with Gasteiger partial charge < -0.3 is 10.2 Å². The van der Waals surface area contributed by atoms with Gasteiger partial charge in [0.15, 0.2) is 0 Å². The van der Waals surface area contributed by atoms with Crippen LogP contribution in [0.1, 0.15) is 30.9 Å². The number of aryl methyl sites for hydroxylation is 1. The van der Waals surface area contributed by atoms with Crippen LogP contribution in [-0.4, -0.2) is 36.5 Å². The van der Waals surface area contributed by atoms with E-state index >= 15 is 0 Å². The third-order valence-corrected chi connectivity index (χ3v) is 3.69. The maximum atomic E-state index is 12.2. The zero-order valence-corrected chi connectivity index (χ0v) is 12.0. The molecule has 1 aromatic carbocycles. The fourth-order valence-electron chi connectivity index (χ4n) is 2.60. The Kier molecular flexibility index (Phi) is 4.97. The van der Waals surface area contributed by atoms with Crippen LogP contribution in [0.25, 0.3) is 0 Å². The summed E-state index contributed by atoms with van der Waals surface area (Å²) in [5, 5.41) is 3.33. The first-order valence-corrected chi connectivity index (χ1v) is 7.28. The van der Waals surface area contributed by atoms with E-state index in [0.717, 1.165) is 38.9 Å². The molecule has 1 amide bonds. The van der Waals surface area contributed by atoms with Crippen molar-refractivity contribution in [2.45, 2.75) is 39.2 Å². The highest BCUT2D eigenvalue weighted by Gasteiger charge is 2.30. The first kappa shape index (κ1) is 14.1. The number of likely N-dealkylation sites (tertiary alicyclic amines) is 1. The quantitative estimate of drug-likeness (QED) is 0.850. The van der Waals surface area contributed by atoms with E-state index in [1.807, 2.05) is 4.90 Å². The number of nitrogens with zero attached hydrogens (tertiary/aromatic N) is 1. The summed E-state index contributed by atoms with van der Waals surface area (Å²) in [5.41, 5.74) is 2.60. The minimum absolute atomic E-state index is 0.0532. The minimum Gasteiger partial charge on any atom is -0.341 e.